The summed E-state index contributed by atoms with van der Waals surface area (Å²) in [6, 6.07) is 7.91. The van der Waals surface area contributed by atoms with E-state index in [-0.39, 0.29) is 6.10 Å². The minimum atomic E-state index is 0.186. The normalized spacial score (nSPS) is 14.6. The molecule has 5 nitrogen and oxygen atoms in total. The van der Waals surface area contributed by atoms with Crippen molar-refractivity contribution >= 4 is 0 Å². The van der Waals surface area contributed by atoms with Crippen LogP contribution in [0.5, 0.6) is 5.75 Å². The summed E-state index contributed by atoms with van der Waals surface area (Å²) in [7, 11) is 0. The highest BCUT2D eigenvalue weighted by Crippen LogP contribution is 2.27. The van der Waals surface area contributed by atoms with Gasteiger partial charge in [-0.1, -0.05) is 5.21 Å². The highest BCUT2D eigenvalue weighted by atomic mass is 16.5. The Morgan fingerprint density at radius 3 is 2.71 bits per heavy atom. The summed E-state index contributed by atoms with van der Waals surface area (Å²) in [6.45, 7) is 5.91. The standard InChI is InChI=1S/C16H22N4O/c1-12(2)21-16-7-5-15(6-8-16)20-11-14(18-19-20)10-17-9-13-3-4-13/h5-8,11-13,17H,3-4,9-10H2,1-2H3. The summed E-state index contributed by atoms with van der Waals surface area (Å²) in [5.41, 5.74) is 1.96. The average molecular weight is 286 g/mol. The van der Waals surface area contributed by atoms with Crippen LogP contribution < -0.4 is 10.1 Å². The van der Waals surface area contributed by atoms with Gasteiger partial charge in [-0.05, 0) is 63.4 Å². The number of nitrogens with one attached hydrogen (secondary N) is 1. The zero-order chi connectivity index (χ0) is 14.7. The first-order chi connectivity index (χ1) is 10.2. The van der Waals surface area contributed by atoms with Crippen LogP contribution in [0.15, 0.2) is 30.5 Å². The van der Waals surface area contributed by atoms with Gasteiger partial charge in [0.05, 0.1) is 23.7 Å². The topological polar surface area (TPSA) is 52.0 Å². The first kappa shape index (κ1) is 14.1. The predicted octanol–water partition coefficient (Wildman–Crippen LogP) is 2.55. The lowest BCUT2D eigenvalue weighted by Crippen LogP contribution is -2.16. The third-order valence-electron chi connectivity index (χ3n) is 3.45. The Morgan fingerprint density at radius 2 is 2.05 bits per heavy atom. The van der Waals surface area contributed by atoms with Crippen LogP contribution in [0.4, 0.5) is 0 Å². The summed E-state index contributed by atoms with van der Waals surface area (Å²) >= 11 is 0. The summed E-state index contributed by atoms with van der Waals surface area (Å²) < 4.78 is 7.44. The number of hydrogen-bond acceptors (Lipinski definition) is 4. The van der Waals surface area contributed by atoms with Crippen molar-refractivity contribution in [3.05, 3.63) is 36.2 Å². The summed E-state index contributed by atoms with van der Waals surface area (Å²) in [4.78, 5) is 0. The van der Waals surface area contributed by atoms with E-state index in [1.165, 1.54) is 12.8 Å². The molecular weight excluding hydrogens is 264 g/mol. The third-order valence-corrected chi connectivity index (χ3v) is 3.45. The van der Waals surface area contributed by atoms with Crippen LogP contribution in [0, 0.1) is 5.92 Å². The molecule has 0 radical (unpaired) electrons. The molecule has 112 valence electrons. The van der Waals surface area contributed by atoms with Crippen molar-refractivity contribution in [3.8, 4) is 11.4 Å². The number of rotatable bonds is 7. The molecule has 1 heterocycles. The highest BCUT2D eigenvalue weighted by Gasteiger charge is 2.20. The van der Waals surface area contributed by atoms with Gasteiger partial charge in [-0.3, -0.25) is 0 Å². The fourth-order valence-corrected chi connectivity index (χ4v) is 2.18. The molecule has 0 bridgehead atoms. The quantitative estimate of drug-likeness (QED) is 0.850. The van der Waals surface area contributed by atoms with Gasteiger partial charge in [0, 0.05) is 6.54 Å². The predicted molar refractivity (Wildman–Crippen MR) is 81.6 cm³/mol. The van der Waals surface area contributed by atoms with Crippen molar-refractivity contribution in [1.29, 1.82) is 0 Å². The Hall–Kier alpha value is -1.88. The van der Waals surface area contributed by atoms with E-state index in [4.69, 9.17) is 4.74 Å². The van der Waals surface area contributed by atoms with Crippen LogP contribution in [0.3, 0.4) is 0 Å². The maximum absolute atomic E-state index is 5.64. The van der Waals surface area contributed by atoms with Gasteiger partial charge in [-0.15, -0.1) is 5.10 Å². The molecule has 5 heteroatoms. The Morgan fingerprint density at radius 1 is 1.29 bits per heavy atom. The first-order valence-electron chi connectivity index (χ1n) is 7.60. The fraction of sp³-hybridized carbons (Fsp3) is 0.500. The summed E-state index contributed by atoms with van der Waals surface area (Å²) in [5.74, 6) is 1.76. The lowest BCUT2D eigenvalue weighted by Gasteiger charge is -2.09. The van der Waals surface area contributed by atoms with E-state index < -0.39 is 0 Å². The fourth-order valence-electron chi connectivity index (χ4n) is 2.18. The van der Waals surface area contributed by atoms with Crippen molar-refractivity contribution in [2.45, 2.75) is 39.3 Å². The van der Waals surface area contributed by atoms with Crippen molar-refractivity contribution in [2.24, 2.45) is 5.92 Å². The van der Waals surface area contributed by atoms with Crippen LogP contribution in [0.1, 0.15) is 32.4 Å². The van der Waals surface area contributed by atoms with Crippen LogP contribution in [0.2, 0.25) is 0 Å². The van der Waals surface area contributed by atoms with Gasteiger partial charge in [0.25, 0.3) is 0 Å². The van der Waals surface area contributed by atoms with Gasteiger partial charge in [-0.25, -0.2) is 4.68 Å². The molecule has 1 aromatic carbocycles. The SMILES string of the molecule is CC(C)Oc1ccc(-n2cc(CNCC3CC3)nn2)cc1. The largest absolute Gasteiger partial charge is 0.491 e. The molecule has 1 saturated carbocycles. The monoisotopic (exact) mass is 286 g/mol. The van der Waals surface area contributed by atoms with E-state index in [1.54, 1.807) is 4.68 Å². The molecule has 0 saturated heterocycles. The Bertz CT molecular complexity index is 572. The zero-order valence-electron chi connectivity index (χ0n) is 12.6. The maximum Gasteiger partial charge on any atom is 0.119 e. The molecule has 21 heavy (non-hydrogen) atoms. The van der Waals surface area contributed by atoms with E-state index in [0.29, 0.717) is 0 Å². The summed E-state index contributed by atoms with van der Waals surface area (Å²) in [5, 5.41) is 11.8. The molecule has 0 spiro atoms. The van der Waals surface area contributed by atoms with Gasteiger partial charge >= 0.3 is 0 Å². The summed E-state index contributed by atoms with van der Waals surface area (Å²) in [6.07, 6.45) is 4.89. The van der Waals surface area contributed by atoms with Crippen molar-refractivity contribution in [2.75, 3.05) is 6.54 Å². The molecule has 1 N–H and O–H groups in total. The van der Waals surface area contributed by atoms with E-state index in [9.17, 15) is 0 Å². The minimum Gasteiger partial charge on any atom is -0.491 e. The Balaban J connectivity index is 1.59. The number of hydrogen-bond donors (Lipinski definition) is 1. The lowest BCUT2D eigenvalue weighted by molar-refractivity contribution is 0.242. The third kappa shape index (κ3) is 4.04. The van der Waals surface area contributed by atoms with Crippen LogP contribution >= 0.6 is 0 Å². The van der Waals surface area contributed by atoms with Crippen LogP contribution in [-0.4, -0.2) is 27.6 Å². The molecule has 3 rings (SSSR count). The zero-order valence-corrected chi connectivity index (χ0v) is 12.6. The van der Waals surface area contributed by atoms with Gasteiger partial charge < -0.3 is 10.1 Å². The number of nitrogens with zero attached hydrogens (tertiary/aromatic N) is 3. The van der Waals surface area contributed by atoms with E-state index in [1.807, 2.05) is 44.3 Å². The first-order valence-corrected chi connectivity index (χ1v) is 7.60. The smallest absolute Gasteiger partial charge is 0.119 e. The Kier molecular flexibility index (Phi) is 4.20. The molecule has 0 aliphatic heterocycles. The number of aromatic nitrogens is 3. The van der Waals surface area contributed by atoms with Gasteiger partial charge in [-0.2, -0.15) is 0 Å². The molecule has 0 amide bonds. The van der Waals surface area contributed by atoms with Gasteiger partial charge in [0.1, 0.15) is 5.75 Å². The molecule has 1 fully saturated rings. The lowest BCUT2D eigenvalue weighted by atomic mass is 10.3. The van der Waals surface area contributed by atoms with Crippen molar-refractivity contribution in [3.63, 3.8) is 0 Å². The van der Waals surface area contributed by atoms with Gasteiger partial charge in [0.2, 0.25) is 0 Å². The molecule has 0 atom stereocenters. The van der Waals surface area contributed by atoms with Crippen LogP contribution in [-0.2, 0) is 6.54 Å². The molecule has 1 aliphatic rings. The second kappa shape index (κ2) is 6.26. The van der Waals surface area contributed by atoms with E-state index in [0.717, 1.165) is 36.1 Å². The molecule has 2 aromatic rings. The van der Waals surface area contributed by atoms with E-state index >= 15 is 0 Å². The van der Waals surface area contributed by atoms with Gasteiger partial charge in [0.15, 0.2) is 0 Å². The Labute approximate surface area is 125 Å². The molecule has 1 aromatic heterocycles. The van der Waals surface area contributed by atoms with E-state index in [2.05, 4.69) is 15.6 Å². The van der Waals surface area contributed by atoms with Crippen molar-refractivity contribution < 1.29 is 4.74 Å². The number of benzene rings is 1. The van der Waals surface area contributed by atoms with Crippen molar-refractivity contribution in [1.82, 2.24) is 20.3 Å². The average Bonchev–Trinajstić information content (AvgIpc) is 3.16. The molecule has 0 unspecified atom stereocenters. The highest BCUT2D eigenvalue weighted by molar-refractivity contribution is 5.36. The second-order valence-corrected chi connectivity index (χ2v) is 5.89. The minimum absolute atomic E-state index is 0.186. The van der Waals surface area contributed by atoms with Crippen LogP contribution in [0.25, 0.3) is 5.69 Å². The molecular formula is C16H22N4O. The molecule has 1 aliphatic carbocycles. The maximum atomic E-state index is 5.64. The second-order valence-electron chi connectivity index (χ2n) is 5.89. The number of ether oxygens (including phenoxy) is 1.